The molecule has 0 spiro atoms. The van der Waals surface area contributed by atoms with E-state index >= 15 is 0 Å². The molecular weight excluding hydrogens is 430 g/mol. The number of aryl methyl sites for hydroxylation is 2. The first kappa shape index (κ1) is 21.7. The molecular formula is C22H25N5O4S. The van der Waals surface area contributed by atoms with E-state index in [0.29, 0.717) is 28.2 Å². The van der Waals surface area contributed by atoms with Crippen molar-refractivity contribution in [2.75, 3.05) is 17.1 Å². The number of methoxy groups -OCH3 is 1. The number of nitrogens with one attached hydrogen (secondary N) is 3. The molecule has 4 rings (SSSR count). The average Bonchev–Trinajstić information content (AvgIpc) is 3.40. The molecule has 0 saturated carbocycles. The van der Waals surface area contributed by atoms with Gasteiger partial charge in [-0.1, -0.05) is 37.6 Å². The second kappa shape index (κ2) is 8.91. The number of aromatic amines is 1. The van der Waals surface area contributed by atoms with Gasteiger partial charge in [0.15, 0.2) is 17.2 Å². The number of hydrogen-bond acceptors (Lipinski definition) is 7. The minimum absolute atomic E-state index is 0.0931. The lowest BCUT2D eigenvalue weighted by atomic mass is 10.1. The predicted octanol–water partition coefficient (Wildman–Crippen LogP) is 4.62. The van der Waals surface area contributed by atoms with Crippen molar-refractivity contribution in [1.29, 1.82) is 0 Å². The Morgan fingerprint density at radius 1 is 1.12 bits per heavy atom. The Morgan fingerprint density at radius 3 is 2.56 bits per heavy atom. The fraction of sp³-hybridized carbons (Fsp3) is 0.273. The molecule has 0 aliphatic carbocycles. The molecule has 0 bridgehead atoms. The first-order valence-electron chi connectivity index (χ1n) is 10.3. The SMILES string of the molecule is CCCc1ccc(S(=O)(=O)Nc2noc3cc(Nc4cc(CC)[nH]n4)c(OC)cc23)cc1. The van der Waals surface area contributed by atoms with Crippen LogP contribution in [0.3, 0.4) is 0 Å². The number of H-pyrrole nitrogens is 1. The fourth-order valence-corrected chi connectivity index (χ4v) is 4.37. The van der Waals surface area contributed by atoms with Crippen LogP contribution in [-0.4, -0.2) is 30.9 Å². The summed E-state index contributed by atoms with van der Waals surface area (Å²) in [5.41, 5.74) is 3.10. The number of fused-ring (bicyclic) bond motifs is 1. The summed E-state index contributed by atoms with van der Waals surface area (Å²) in [5.74, 6) is 1.22. The van der Waals surface area contributed by atoms with Crippen LogP contribution in [0.2, 0.25) is 0 Å². The lowest BCUT2D eigenvalue weighted by Crippen LogP contribution is -2.13. The molecule has 10 heteroatoms. The van der Waals surface area contributed by atoms with Crippen molar-refractivity contribution in [3.63, 3.8) is 0 Å². The Morgan fingerprint density at radius 2 is 1.91 bits per heavy atom. The molecule has 0 unspecified atom stereocenters. The fourth-order valence-electron chi connectivity index (χ4n) is 3.36. The first-order valence-corrected chi connectivity index (χ1v) is 11.8. The van der Waals surface area contributed by atoms with Gasteiger partial charge in [0.25, 0.3) is 10.0 Å². The van der Waals surface area contributed by atoms with E-state index in [-0.39, 0.29) is 10.7 Å². The van der Waals surface area contributed by atoms with Gasteiger partial charge in [0, 0.05) is 17.8 Å². The van der Waals surface area contributed by atoms with Crippen molar-refractivity contribution in [3.8, 4) is 5.75 Å². The summed E-state index contributed by atoms with van der Waals surface area (Å²) in [7, 11) is -2.30. The van der Waals surface area contributed by atoms with Crippen LogP contribution < -0.4 is 14.8 Å². The number of sulfonamides is 1. The van der Waals surface area contributed by atoms with Gasteiger partial charge in [0.1, 0.15) is 5.75 Å². The van der Waals surface area contributed by atoms with Gasteiger partial charge in [-0.2, -0.15) is 5.10 Å². The van der Waals surface area contributed by atoms with Gasteiger partial charge in [-0.15, -0.1) is 0 Å². The number of nitrogens with zero attached hydrogens (tertiary/aromatic N) is 2. The van der Waals surface area contributed by atoms with Crippen LogP contribution in [0, 0.1) is 0 Å². The molecule has 0 atom stereocenters. The number of ether oxygens (including phenoxy) is 1. The summed E-state index contributed by atoms with van der Waals surface area (Å²) in [6.45, 7) is 4.11. The summed E-state index contributed by atoms with van der Waals surface area (Å²) in [6.07, 6.45) is 2.72. The maximum absolute atomic E-state index is 12.9. The Bertz CT molecular complexity index is 1330. The molecule has 0 radical (unpaired) electrons. The Kier molecular flexibility index (Phi) is 6.04. The number of rotatable bonds is 9. The summed E-state index contributed by atoms with van der Waals surface area (Å²) in [6, 6.07) is 12.1. The van der Waals surface area contributed by atoms with E-state index < -0.39 is 10.0 Å². The maximum atomic E-state index is 12.9. The summed E-state index contributed by atoms with van der Waals surface area (Å²) >= 11 is 0. The predicted molar refractivity (Wildman–Crippen MR) is 123 cm³/mol. The van der Waals surface area contributed by atoms with E-state index in [0.717, 1.165) is 30.5 Å². The normalized spacial score (nSPS) is 11.6. The molecule has 168 valence electrons. The summed E-state index contributed by atoms with van der Waals surface area (Å²) in [5, 5.41) is 14.7. The minimum atomic E-state index is -3.83. The van der Waals surface area contributed by atoms with Crippen LogP contribution in [0.5, 0.6) is 5.75 Å². The van der Waals surface area contributed by atoms with E-state index in [4.69, 9.17) is 9.26 Å². The standard InChI is InChI=1S/C22H25N5O4S/c1-4-6-14-7-9-16(10-8-14)32(28,29)27-22-17-12-20(30-3)18(13-19(17)31-26-22)23-21-11-15(5-2)24-25-21/h7-13H,4-6H2,1-3H3,(H,26,27)(H2,23,24,25). The number of aromatic nitrogens is 3. The molecule has 0 amide bonds. The zero-order valence-electron chi connectivity index (χ0n) is 18.1. The van der Waals surface area contributed by atoms with E-state index in [9.17, 15) is 8.42 Å². The van der Waals surface area contributed by atoms with Gasteiger partial charge in [-0.3, -0.25) is 9.82 Å². The van der Waals surface area contributed by atoms with E-state index in [2.05, 4.69) is 32.3 Å². The van der Waals surface area contributed by atoms with Crippen LogP contribution in [0.4, 0.5) is 17.3 Å². The third kappa shape index (κ3) is 4.40. The largest absolute Gasteiger partial charge is 0.495 e. The zero-order valence-corrected chi connectivity index (χ0v) is 18.9. The molecule has 32 heavy (non-hydrogen) atoms. The molecule has 2 heterocycles. The Balaban J connectivity index is 1.62. The second-order valence-corrected chi connectivity index (χ2v) is 9.02. The van der Waals surface area contributed by atoms with Gasteiger partial charge in [-0.25, -0.2) is 8.42 Å². The Hall–Kier alpha value is -3.53. The molecule has 2 aromatic carbocycles. The minimum Gasteiger partial charge on any atom is -0.495 e. The van der Waals surface area contributed by atoms with Crippen LogP contribution in [-0.2, 0) is 22.9 Å². The summed E-state index contributed by atoms with van der Waals surface area (Å²) < 4.78 is 39.1. The van der Waals surface area contributed by atoms with Crippen LogP contribution in [0.25, 0.3) is 11.0 Å². The van der Waals surface area contributed by atoms with Gasteiger partial charge in [-0.05, 0) is 36.6 Å². The van der Waals surface area contributed by atoms with Crippen molar-refractivity contribution in [2.24, 2.45) is 0 Å². The number of hydrogen-bond donors (Lipinski definition) is 3. The van der Waals surface area contributed by atoms with Crippen molar-refractivity contribution in [1.82, 2.24) is 15.4 Å². The topological polar surface area (TPSA) is 122 Å². The zero-order chi connectivity index (χ0) is 22.7. The lowest BCUT2D eigenvalue weighted by molar-refractivity contribution is 0.417. The van der Waals surface area contributed by atoms with E-state index in [1.165, 1.54) is 7.11 Å². The van der Waals surface area contributed by atoms with Gasteiger partial charge >= 0.3 is 0 Å². The lowest BCUT2D eigenvalue weighted by Gasteiger charge is -2.10. The van der Waals surface area contributed by atoms with Crippen molar-refractivity contribution in [3.05, 3.63) is 53.7 Å². The third-order valence-corrected chi connectivity index (χ3v) is 6.42. The molecule has 2 aromatic heterocycles. The monoisotopic (exact) mass is 455 g/mol. The molecule has 4 aromatic rings. The maximum Gasteiger partial charge on any atom is 0.263 e. The highest BCUT2D eigenvalue weighted by Crippen LogP contribution is 2.36. The first-order chi connectivity index (χ1) is 15.4. The highest BCUT2D eigenvalue weighted by atomic mass is 32.2. The van der Waals surface area contributed by atoms with Gasteiger partial charge in [0.05, 0.1) is 23.1 Å². The third-order valence-electron chi connectivity index (χ3n) is 5.07. The second-order valence-electron chi connectivity index (χ2n) is 7.34. The number of anilines is 3. The van der Waals surface area contributed by atoms with Crippen LogP contribution in [0.1, 0.15) is 31.5 Å². The van der Waals surface area contributed by atoms with Crippen molar-refractivity contribution < 1.29 is 17.7 Å². The molecule has 3 N–H and O–H groups in total. The van der Waals surface area contributed by atoms with Crippen molar-refractivity contribution in [2.45, 2.75) is 38.0 Å². The molecule has 0 fully saturated rings. The van der Waals surface area contributed by atoms with Crippen LogP contribution >= 0.6 is 0 Å². The highest BCUT2D eigenvalue weighted by molar-refractivity contribution is 7.92. The van der Waals surface area contributed by atoms with Gasteiger partial charge in [0.2, 0.25) is 0 Å². The molecule has 9 nitrogen and oxygen atoms in total. The van der Waals surface area contributed by atoms with E-state index in [1.807, 2.05) is 25.1 Å². The van der Waals surface area contributed by atoms with Crippen molar-refractivity contribution >= 4 is 38.3 Å². The highest BCUT2D eigenvalue weighted by Gasteiger charge is 2.20. The molecule has 0 aliphatic heterocycles. The average molecular weight is 456 g/mol. The molecule has 0 aliphatic rings. The van der Waals surface area contributed by atoms with Crippen LogP contribution in [0.15, 0.2) is 51.9 Å². The summed E-state index contributed by atoms with van der Waals surface area (Å²) in [4.78, 5) is 0.156. The Labute approximate surface area is 186 Å². The quantitative estimate of drug-likeness (QED) is 0.337. The molecule has 0 saturated heterocycles. The van der Waals surface area contributed by atoms with Gasteiger partial charge < -0.3 is 14.6 Å². The number of benzene rings is 2. The smallest absolute Gasteiger partial charge is 0.263 e. The van der Waals surface area contributed by atoms with E-state index in [1.54, 1.807) is 24.3 Å².